The maximum absolute atomic E-state index is 12.4. The molecule has 25 heavy (non-hydrogen) atoms. The summed E-state index contributed by atoms with van der Waals surface area (Å²) < 4.78 is 8.24. The van der Waals surface area contributed by atoms with Crippen molar-refractivity contribution in [2.75, 3.05) is 6.61 Å². The van der Waals surface area contributed by atoms with Crippen molar-refractivity contribution in [3.63, 3.8) is 0 Å². The van der Waals surface area contributed by atoms with Gasteiger partial charge in [-0.15, -0.1) is 11.3 Å². The van der Waals surface area contributed by atoms with Crippen molar-refractivity contribution in [3.05, 3.63) is 49.9 Å². The van der Waals surface area contributed by atoms with E-state index in [-0.39, 0.29) is 18.4 Å². The van der Waals surface area contributed by atoms with Crippen LogP contribution in [0.4, 0.5) is 0 Å². The van der Waals surface area contributed by atoms with Crippen LogP contribution < -0.4 is 4.80 Å². The van der Waals surface area contributed by atoms with Gasteiger partial charge in [0.1, 0.15) is 6.54 Å². The fourth-order valence-corrected chi connectivity index (χ4v) is 4.38. The van der Waals surface area contributed by atoms with Crippen molar-refractivity contribution < 1.29 is 14.3 Å². The van der Waals surface area contributed by atoms with Crippen LogP contribution in [0.3, 0.4) is 0 Å². The monoisotopic (exact) mass is 394 g/mol. The molecule has 0 atom stereocenters. The number of fused-ring (bicyclic) bond motifs is 1. The zero-order chi connectivity index (χ0) is 18.0. The molecule has 2 aromatic heterocycles. The SMILES string of the molecule is CCOC(=O)Cn1c(=NC(=O)c2ccc(Cl)s2)sc2cc(C)ccc21. The van der Waals surface area contributed by atoms with Crippen molar-refractivity contribution in [1.82, 2.24) is 4.57 Å². The van der Waals surface area contributed by atoms with Crippen LogP contribution >= 0.6 is 34.3 Å². The minimum absolute atomic E-state index is 0.00815. The van der Waals surface area contributed by atoms with E-state index in [1.165, 1.54) is 22.7 Å². The molecular formula is C17H15ClN2O3S2. The number of halogens is 1. The smallest absolute Gasteiger partial charge is 0.326 e. The van der Waals surface area contributed by atoms with Crippen LogP contribution in [-0.2, 0) is 16.1 Å². The Bertz CT molecular complexity index is 1020. The fraction of sp³-hybridized carbons (Fsp3) is 0.235. The van der Waals surface area contributed by atoms with Gasteiger partial charge in [-0.25, -0.2) is 0 Å². The lowest BCUT2D eigenvalue weighted by Gasteiger charge is -2.05. The maximum Gasteiger partial charge on any atom is 0.326 e. The molecule has 3 rings (SSSR count). The van der Waals surface area contributed by atoms with Gasteiger partial charge in [-0.2, -0.15) is 4.99 Å². The predicted octanol–water partition coefficient (Wildman–Crippen LogP) is 4.03. The molecule has 0 saturated carbocycles. The van der Waals surface area contributed by atoms with Gasteiger partial charge in [0, 0.05) is 0 Å². The van der Waals surface area contributed by atoms with E-state index in [1.54, 1.807) is 23.6 Å². The number of esters is 1. The molecule has 0 N–H and O–H groups in total. The zero-order valence-electron chi connectivity index (χ0n) is 13.6. The van der Waals surface area contributed by atoms with Crippen LogP contribution in [0.5, 0.6) is 0 Å². The van der Waals surface area contributed by atoms with Gasteiger partial charge >= 0.3 is 5.97 Å². The first-order chi connectivity index (χ1) is 12.0. The number of nitrogens with zero attached hydrogens (tertiary/aromatic N) is 2. The van der Waals surface area contributed by atoms with Crippen LogP contribution in [0, 0.1) is 6.92 Å². The lowest BCUT2D eigenvalue weighted by atomic mass is 10.2. The highest BCUT2D eigenvalue weighted by Gasteiger charge is 2.14. The van der Waals surface area contributed by atoms with Gasteiger partial charge in [-0.3, -0.25) is 9.59 Å². The number of aromatic nitrogens is 1. The van der Waals surface area contributed by atoms with Crippen molar-refractivity contribution >= 4 is 56.4 Å². The number of rotatable bonds is 4. The summed E-state index contributed by atoms with van der Waals surface area (Å²) in [7, 11) is 0. The first-order valence-electron chi connectivity index (χ1n) is 7.58. The summed E-state index contributed by atoms with van der Waals surface area (Å²) in [4.78, 5) is 29.5. The average Bonchev–Trinajstić information content (AvgIpc) is 3.12. The Morgan fingerprint density at radius 1 is 1.24 bits per heavy atom. The highest BCUT2D eigenvalue weighted by atomic mass is 35.5. The zero-order valence-corrected chi connectivity index (χ0v) is 16.0. The largest absolute Gasteiger partial charge is 0.465 e. The Morgan fingerprint density at radius 3 is 2.72 bits per heavy atom. The van der Waals surface area contributed by atoms with Crippen molar-refractivity contribution in [2.45, 2.75) is 20.4 Å². The Labute approximate surface area is 157 Å². The topological polar surface area (TPSA) is 60.7 Å². The number of hydrogen-bond acceptors (Lipinski definition) is 5. The molecule has 0 unspecified atom stereocenters. The molecule has 130 valence electrons. The number of benzene rings is 1. The summed E-state index contributed by atoms with van der Waals surface area (Å²) in [5.74, 6) is -0.742. The Kier molecular flexibility index (Phi) is 5.36. The molecule has 0 saturated heterocycles. The standard InChI is InChI=1S/C17H15ClN2O3S2/c1-3-23-15(21)9-20-11-5-4-10(2)8-13(11)25-17(20)19-16(22)12-6-7-14(18)24-12/h4-8H,3,9H2,1-2H3. The highest BCUT2D eigenvalue weighted by Crippen LogP contribution is 2.23. The van der Waals surface area contributed by atoms with Crippen LogP contribution in [0.1, 0.15) is 22.2 Å². The minimum atomic E-state index is -0.377. The molecule has 0 aliphatic rings. The highest BCUT2D eigenvalue weighted by molar-refractivity contribution is 7.18. The van der Waals surface area contributed by atoms with Crippen molar-refractivity contribution in [3.8, 4) is 0 Å². The molecule has 0 bridgehead atoms. The molecule has 5 nitrogen and oxygen atoms in total. The lowest BCUT2D eigenvalue weighted by Crippen LogP contribution is -2.23. The second-order valence-electron chi connectivity index (χ2n) is 5.27. The van der Waals surface area contributed by atoms with Gasteiger partial charge in [0.25, 0.3) is 5.91 Å². The molecule has 0 fully saturated rings. The normalized spacial score (nSPS) is 11.9. The summed E-state index contributed by atoms with van der Waals surface area (Å²) >= 11 is 8.43. The van der Waals surface area contributed by atoms with E-state index in [9.17, 15) is 9.59 Å². The molecule has 0 radical (unpaired) electrons. The summed E-state index contributed by atoms with van der Waals surface area (Å²) in [6.45, 7) is 4.06. The number of ether oxygens (including phenoxy) is 1. The Morgan fingerprint density at radius 2 is 2.04 bits per heavy atom. The first kappa shape index (κ1) is 17.8. The summed E-state index contributed by atoms with van der Waals surface area (Å²) in [6.07, 6.45) is 0. The van der Waals surface area contributed by atoms with Gasteiger partial charge < -0.3 is 9.30 Å². The second kappa shape index (κ2) is 7.51. The number of amides is 1. The quantitative estimate of drug-likeness (QED) is 0.627. The van der Waals surface area contributed by atoms with E-state index < -0.39 is 0 Å². The van der Waals surface area contributed by atoms with E-state index in [1.807, 2.05) is 25.1 Å². The fourth-order valence-electron chi connectivity index (χ4n) is 2.33. The van der Waals surface area contributed by atoms with Gasteiger partial charge in [0.2, 0.25) is 0 Å². The molecule has 2 heterocycles. The van der Waals surface area contributed by atoms with Crippen molar-refractivity contribution in [2.24, 2.45) is 4.99 Å². The third kappa shape index (κ3) is 4.00. The average molecular weight is 395 g/mol. The Hall–Kier alpha value is -1.96. The molecule has 1 amide bonds. The summed E-state index contributed by atoms with van der Waals surface area (Å²) in [6, 6.07) is 9.20. The summed E-state index contributed by atoms with van der Waals surface area (Å²) in [5.41, 5.74) is 1.94. The van der Waals surface area contributed by atoms with E-state index in [0.29, 0.717) is 20.6 Å². The summed E-state index contributed by atoms with van der Waals surface area (Å²) in [5, 5.41) is 0. The van der Waals surface area contributed by atoms with E-state index >= 15 is 0 Å². The van der Waals surface area contributed by atoms with Gasteiger partial charge in [0.05, 0.1) is 26.0 Å². The van der Waals surface area contributed by atoms with E-state index in [4.69, 9.17) is 16.3 Å². The number of thiazole rings is 1. The molecule has 0 spiro atoms. The number of carbonyl (C=O) groups is 2. The predicted molar refractivity (Wildman–Crippen MR) is 100 cm³/mol. The molecule has 0 aliphatic heterocycles. The van der Waals surface area contributed by atoms with Crippen LogP contribution in [0.15, 0.2) is 35.3 Å². The minimum Gasteiger partial charge on any atom is -0.465 e. The maximum atomic E-state index is 12.4. The van der Waals surface area contributed by atoms with E-state index in [0.717, 1.165) is 15.8 Å². The number of carbonyl (C=O) groups excluding carboxylic acids is 2. The lowest BCUT2D eigenvalue weighted by molar-refractivity contribution is -0.143. The third-order valence-electron chi connectivity index (χ3n) is 3.41. The molecule has 0 aliphatic carbocycles. The van der Waals surface area contributed by atoms with Gasteiger partial charge in [-0.05, 0) is 43.7 Å². The number of aryl methyl sites for hydroxylation is 1. The molecule has 3 aromatic rings. The van der Waals surface area contributed by atoms with Crippen LogP contribution in [-0.4, -0.2) is 23.1 Å². The number of hydrogen-bond donors (Lipinski definition) is 0. The van der Waals surface area contributed by atoms with E-state index in [2.05, 4.69) is 4.99 Å². The van der Waals surface area contributed by atoms with Crippen LogP contribution in [0.25, 0.3) is 10.2 Å². The second-order valence-corrected chi connectivity index (χ2v) is 7.99. The number of thiophene rings is 1. The molecular weight excluding hydrogens is 380 g/mol. The first-order valence-corrected chi connectivity index (χ1v) is 9.59. The van der Waals surface area contributed by atoms with Gasteiger partial charge in [0.15, 0.2) is 4.80 Å². The molecule has 1 aromatic carbocycles. The van der Waals surface area contributed by atoms with Crippen LogP contribution in [0.2, 0.25) is 4.34 Å². The van der Waals surface area contributed by atoms with Crippen molar-refractivity contribution in [1.29, 1.82) is 0 Å². The Balaban J connectivity index is 2.10. The molecule has 8 heteroatoms. The third-order valence-corrected chi connectivity index (χ3v) is 5.67. The van der Waals surface area contributed by atoms with Gasteiger partial charge in [-0.1, -0.05) is 29.0 Å².